The van der Waals surface area contributed by atoms with Gasteiger partial charge in [-0.15, -0.1) is 11.3 Å². The maximum Gasteiger partial charge on any atom is 0.315 e. The summed E-state index contributed by atoms with van der Waals surface area (Å²) in [5.74, 6) is 0. The fourth-order valence-electron chi connectivity index (χ4n) is 2.56. The number of nitrogens with one attached hydrogen (secondary N) is 2. The molecule has 1 aliphatic rings. The van der Waals surface area contributed by atoms with Crippen molar-refractivity contribution in [3.63, 3.8) is 0 Å². The molecule has 0 spiro atoms. The van der Waals surface area contributed by atoms with Gasteiger partial charge in [0.1, 0.15) is 5.01 Å². The molecular weight excluding hydrogens is 270 g/mol. The highest BCUT2D eigenvalue weighted by molar-refractivity contribution is 7.09. The second-order valence-corrected chi connectivity index (χ2v) is 5.94. The number of thiazole rings is 1. The lowest BCUT2D eigenvalue weighted by Gasteiger charge is -2.14. The summed E-state index contributed by atoms with van der Waals surface area (Å²) in [6.45, 7) is 2.44. The molecule has 1 aromatic heterocycles. The highest BCUT2D eigenvalue weighted by atomic mass is 32.1. The van der Waals surface area contributed by atoms with Gasteiger partial charge in [0.05, 0.1) is 12.6 Å². The summed E-state index contributed by atoms with van der Waals surface area (Å²) in [5, 5.41) is 8.83. The standard InChI is InChI=1S/C15H17N3OS/c1-10-9-20-14(17-10)8-16-15(19)18-13-7-6-11-4-2-3-5-12(11)13/h2-5,9,13H,6-8H2,1H3,(H2,16,18,19)/t13-/m0/s1. The Bertz CT molecular complexity index is 623. The molecule has 104 valence electrons. The molecule has 0 aliphatic heterocycles. The molecule has 0 radical (unpaired) electrons. The van der Waals surface area contributed by atoms with Crippen LogP contribution >= 0.6 is 11.3 Å². The summed E-state index contributed by atoms with van der Waals surface area (Å²) >= 11 is 1.57. The number of hydrogen-bond donors (Lipinski definition) is 2. The predicted molar refractivity (Wildman–Crippen MR) is 79.7 cm³/mol. The van der Waals surface area contributed by atoms with Gasteiger partial charge in [-0.25, -0.2) is 9.78 Å². The largest absolute Gasteiger partial charge is 0.332 e. The Morgan fingerprint density at radius 1 is 1.45 bits per heavy atom. The van der Waals surface area contributed by atoms with Crippen LogP contribution < -0.4 is 10.6 Å². The molecule has 0 saturated heterocycles. The number of aromatic nitrogens is 1. The third-order valence-electron chi connectivity index (χ3n) is 3.50. The van der Waals surface area contributed by atoms with E-state index in [-0.39, 0.29) is 12.1 Å². The van der Waals surface area contributed by atoms with E-state index in [1.807, 2.05) is 24.4 Å². The van der Waals surface area contributed by atoms with E-state index in [4.69, 9.17) is 0 Å². The van der Waals surface area contributed by atoms with Crippen molar-refractivity contribution < 1.29 is 4.79 Å². The maximum absolute atomic E-state index is 11.9. The molecule has 2 amide bonds. The summed E-state index contributed by atoms with van der Waals surface area (Å²) in [6, 6.07) is 8.30. The molecule has 0 bridgehead atoms. The predicted octanol–water partition coefficient (Wildman–Crippen LogP) is 2.94. The average molecular weight is 287 g/mol. The molecule has 2 N–H and O–H groups in total. The number of urea groups is 1. The Balaban J connectivity index is 1.55. The number of carbonyl (C=O) groups excluding carboxylic acids is 1. The summed E-state index contributed by atoms with van der Waals surface area (Å²) in [6.07, 6.45) is 2.01. The van der Waals surface area contributed by atoms with Gasteiger partial charge in [0.25, 0.3) is 0 Å². The van der Waals surface area contributed by atoms with Crippen molar-refractivity contribution in [3.8, 4) is 0 Å². The molecule has 1 atom stereocenters. The molecular formula is C15H17N3OS. The third-order valence-corrected chi connectivity index (χ3v) is 4.47. The molecule has 1 aliphatic carbocycles. The van der Waals surface area contributed by atoms with Gasteiger partial charge >= 0.3 is 6.03 Å². The first-order valence-corrected chi connectivity index (χ1v) is 7.63. The van der Waals surface area contributed by atoms with Crippen LogP contribution in [0.3, 0.4) is 0 Å². The number of hydrogen-bond acceptors (Lipinski definition) is 3. The van der Waals surface area contributed by atoms with Crippen molar-refractivity contribution >= 4 is 17.4 Å². The van der Waals surface area contributed by atoms with Gasteiger partial charge in [0.15, 0.2) is 0 Å². The minimum Gasteiger partial charge on any atom is -0.332 e. The molecule has 2 aromatic rings. The van der Waals surface area contributed by atoms with E-state index in [2.05, 4.69) is 27.8 Å². The van der Waals surface area contributed by atoms with Crippen LogP contribution in [0.4, 0.5) is 4.79 Å². The van der Waals surface area contributed by atoms with Gasteiger partial charge in [-0.2, -0.15) is 0 Å². The molecule has 3 rings (SSSR count). The van der Waals surface area contributed by atoms with Crippen LogP contribution in [-0.4, -0.2) is 11.0 Å². The lowest BCUT2D eigenvalue weighted by atomic mass is 10.1. The number of aryl methyl sites for hydroxylation is 2. The van der Waals surface area contributed by atoms with E-state index in [9.17, 15) is 4.79 Å². The first-order chi connectivity index (χ1) is 9.72. The zero-order valence-electron chi connectivity index (χ0n) is 11.3. The van der Waals surface area contributed by atoms with Gasteiger partial charge in [-0.3, -0.25) is 0 Å². The molecule has 0 saturated carbocycles. The highest BCUT2D eigenvalue weighted by Gasteiger charge is 2.23. The minimum atomic E-state index is -0.125. The number of fused-ring (bicyclic) bond motifs is 1. The first-order valence-electron chi connectivity index (χ1n) is 6.75. The number of rotatable bonds is 3. The van der Waals surface area contributed by atoms with Crippen molar-refractivity contribution in [2.24, 2.45) is 0 Å². The van der Waals surface area contributed by atoms with E-state index >= 15 is 0 Å². The molecule has 1 aromatic carbocycles. The van der Waals surface area contributed by atoms with Gasteiger partial charge in [0.2, 0.25) is 0 Å². The zero-order chi connectivity index (χ0) is 13.9. The number of carbonyl (C=O) groups is 1. The summed E-state index contributed by atoms with van der Waals surface area (Å²) in [7, 11) is 0. The van der Waals surface area contributed by atoms with Gasteiger partial charge in [-0.1, -0.05) is 24.3 Å². The Kier molecular flexibility index (Phi) is 3.69. The highest BCUT2D eigenvalue weighted by Crippen LogP contribution is 2.30. The number of amides is 2. The molecule has 0 fully saturated rings. The monoisotopic (exact) mass is 287 g/mol. The van der Waals surface area contributed by atoms with Crippen molar-refractivity contribution in [3.05, 3.63) is 51.5 Å². The van der Waals surface area contributed by atoms with Crippen LogP contribution in [0.1, 0.15) is 34.3 Å². The van der Waals surface area contributed by atoms with E-state index in [0.717, 1.165) is 23.5 Å². The lowest BCUT2D eigenvalue weighted by molar-refractivity contribution is 0.236. The van der Waals surface area contributed by atoms with Crippen LogP contribution in [0, 0.1) is 6.92 Å². The molecule has 20 heavy (non-hydrogen) atoms. The number of nitrogens with zero attached hydrogens (tertiary/aromatic N) is 1. The van der Waals surface area contributed by atoms with E-state index in [0.29, 0.717) is 6.54 Å². The van der Waals surface area contributed by atoms with Gasteiger partial charge in [-0.05, 0) is 30.9 Å². The molecule has 5 heteroatoms. The molecule has 4 nitrogen and oxygen atoms in total. The maximum atomic E-state index is 11.9. The lowest BCUT2D eigenvalue weighted by Crippen LogP contribution is -2.36. The molecule has 0 unspecified atom stereocenters. The van der Waals surface area contributed by atoms with Gasteiger partial charge in [0, 0.05) is 11.1 Å². The fraction of sp³-hybridized carbons (Fsp3) is 0.333. The van der Waals surface area contributed by atoms with Crippen molar-refractivity contribution in [1.29, 1.82) is 0 Å². The number of benzene rings is 1. The molecule has 1 heterocycles. The third kappa shape index (κ3) is 2.82. The van der Waals surface area contributed by atoms with Crippen molar-refractivity contribution in [1.82, 2.24) is 15.6 Å². The minimum absolute atomic E-state index is 0.125. The Morgan fingerprint density at radius 3 is 3.10 bits per heavy atom. The second-order valence-electron chi connectivity index (χ2n) is 5.00. The van der Waals surface area contributed by atoms with Crippen LogP contribution in [0.2, 0.25) is 0 Å². The first kappa shape index (κ1) is 13.1. The zero-order valence-corrected chi connectivity index (χ0v) is 12.2. The quantitative estimate of drug-likeness (QED) is 0.912. The second kappa shape index (κ2) is 5.63. The SMILES string of the molecule is Cc1csc(CNC(=O)N[C@H]2CCc3ccccc32)n1. The topological polar surface area (TPSA) is 54.0 Å². The summed E-state index contributed by atoms with van der Waals surface area (Å²) in [5.41, 5.74) is 3.58. The van der Waals surface area contributed by atoms with Crippen LogP contribution in [0.25, 0.3) is 0 Å². The Hall–Kier alpha value is -1.88. The average Bonchev–Trinajstić information content (AvgIpc) is 3.04. The summed E-state index contributed by atoms with van der Waals surface area (Å²) in [4.78, 5) is 16.3. The van der Waals surface area contributed by atoms with Crippen LogP contribution in [0.5, 0.6) is 0 Å². The van der Waals surface area contributed by atoms with Crippen molar-refractivity contribution in [2.45, 2.75) is 32.4 Å². The fourth-order valence-corrected chi connectivity index (χ4v) is 3.27. The van der Waals surface area contributed by atoms with Crippen LogP contribution in [0.15, 0.2) is 29.6 Å². The van der Waals surface area contributed by atoms with E-state index in [1.54, 1.807) is 11.3 Å². The van der Waals surface area contributed by atoms with E-state index in [1.165, 1.54) is 11.1 Å². The smallest absolute Gasteiger partial charge is 0.315 e. The van der Waals surface area contributed by atoms with Crippen LogP contribution in [-0.2, 0) is 13.0 Å². The normalized spacial score (nSPS) is 16.8. The van der Waals surface area contributed by atoms with E-state index < -0.39 is 0 Å². The van der Waals surface area contributed by atoms with Crippen molar-refractivity contribution in [2.75, 3.05) is 0 Å². The Labute approximate surface area is 122 Å². The summed E-state index contributed by atoms with van der Waals surface area (Å²) < 4.78 is 0. The Morgan fingerprint density at radius 2 is 2.30 bits per heavy atom. The van der Waals surface area contributed by atoms with Gasteiger partial charge < -0.3 is 10.6 Å².